The first kappa shape index (κ1) is 17.2. The Hall–Kier alpha value is -2.63. The Morgan fingerprint density at radius 3 is 2.24 bits per heavy atom. The molecule has 1 aromatic heterocycles. The van der Waals surface area contributed by atoms with Crippen LogP contribution in [0.1, 0.15) is 29.2 Å². The molecular formula is C19H23NO5. The van der Waals surface area contributed by atoms with Gasteiger partial charge in [0.05, 0.1) is 14.2 Å². The molecule has 2 heterocycles. The lowest BCUT2D eigenvalue weighted by molar-refractivity contribution is 0.0555. The van der Waals surface area contributed by atoms with Gasteiger partial charge in [-0.15, -0.1) is 0 Å². The fourth-order valence-electron chi connectivity index (χ4n) is 2.98. The molecule has 2 aromatic rings. The van der Waals surface area contributed by atoms with E-state index in [1.807, 2.05) is 25.1 Å². The second kappa shape index (κ2) is 7.51. The second-order valence-corrected chi connectivity index (χ2v) is 6.01. The maximum Gasteiger partial charge on any atom is 0.289 e. The van der Waals surface area contributed by atoms with Gasteiger partial charge in [-0.25, -0.2) is 0 Å². The van der Waals surface area contributed by atoms with Crippen LogP contribution in [-0.4, -0.2) is 44.2 Å². The number of ether oxygens (including phenoxy) is 3. The zero-order chi connectivity index (χ0) is 17.8. The fraction of sp³-hybridized carbons (Fsp3) is 0.421. The number of aryl methyl sites for hydroxylation is 1. The maximum atomic E-state index is 12.4. The van der Waals surface area contributed by atoms with E-state index in [9.17, 15) is 4.79 Å². The zero-order valence-corrected chi connectivity index (χ0v) is 14.8. The Kier molecular flexibility index (Phi) is 5.16. The third-order valence-electron chi connectivity index (χ3n) is 4.35. The summed E-state index contributed by atoms with van der Waals surface area (Å²) in [5, 5.41) is 0. The van der Waals surface area contributed by atoms with Gasteiger partial charge in [0.25, 0.3) is 5.91 Å². The van der Waals surface area contributed by atoms with Crippen LogP contribution in [0.4, 0.5) is 0 Å². The molecule has 0 aliphatic carbocycles. The van der Waals surface area contributed by atoms with Crippen molar-refractivity contribution < 1.29 is 23.4 Å². The number of para-hydroxylation sites is 1. The summed E-state index contributed by atoms with van der Waals surface area (Å²) in [4.78, 5) is 14.2. The van der Waals surface area contributed by atoms with Gasteiger partial charge < -0.3 is 23.5 Å². The van der Waals surface area contributed by atoms with E-state index < -0.39 is 0 Å². The summed E-state index contributed by atoms with van der Waals surface area (Å²) < 4.78 is 22.3. The number of amides is 1. The molecule has 25 heavy (non-hydrogen) atoms. The molecule has 0 unspecified atom stereocenters. The Morgan fingerprint density at radius 2 is 1.72 bits per heavy atom. The molecule has 0 N–H and O–H groups in total. The van der Waals surface area contributed by atoms with E-state index in [-0.39, 0.29) is 12.0 Å². The number of hydrogen-bond donors (Lipinski definition) is 0. The van der Waals surface area contributed by atoms with Crippen LogP contribution in [0.15, 0.2) is 34.7 Å². The number of likely N-dealkylation sites (tertiary alicyclic amines) is 1. The quantitative estimate of drug-likeness (QED) is 0.832. The fourth-order valence-corrected chi connectivity index (χ4v) is 2.98. The van der Waals surface area contributed by atoms with Crippen molar-refractivity contribution in [2.24, 2.45) is 0 Å². The number of methoxy groups -OCH3 is 2. The normalized spacial score (nSPS) is 15.1. The van der Waals surface area contributed by atoms with Gasteiger partial charge >= 0.3 is 0 Å². The van der Waals surface area contributed by atoms with Crippen LogP contribution in [0, 0.1) is 6.92 Å². The molecule has 0 atom stereocenters. The molecular weight excluding hydrogens is 322 g/mol. The van der Waals surface area contributed by atoms with Crippen LogP contribution in [0.25, 0.3) is 0 Å². The Bertz CT molecular complexity index is 709. The van der Waals surface area contributed by atoms with Gasteiger partial charge in [-0.2, -0.15) is 0 Å². The first-order valence-electron chi connectivity index (χ1n) is 8.35. The minimum absolute atomic E-state index is 0.00703. The maximum absolute atomic E-state index is 12.4. The predicted octanol–water partition coefficient (Wildman–Crippen LogP) is 3.29. The molecule has 1 aromatic carbocycles. The van der Waals surface area contributed by atoms with Crippen LogP contribution in [0.5, 0.6) is 17.2 Å². The standard InChI is InChI=1S/C19H23NO5/c1-13-7-8-17(24-13)19(21)20-11-9-14(10-12-20)25-18-15(22-2)5-4-6-16(18)23-3/h4-8,14H,9-12H2,1-3H3. The van der Waals surface area contributed by atoms with E-state index >= 15 is 0 Å². The van der Waals surface area contributed by atoms with Gasteiger partial charge in [-0.1, -0.05) is 6.07 Å². The molecule has 0 spiro atoms. The molecule has 6 heteroatoms. The van der Waals surface area contributed by atoms with Crippen molar-refractivity contribution in [3.05, 3.63) is 41.9 Å². The lowest BCUT2D eigenvalue weighted by atomic mass is 10.1. The van der Waals surface area contributed by atoms with Gasteiger partial charge in [0, 0.05) is 25.9 Å². The monoisotopic (exact) mass is 345 g/mol. The summed E-state index contributed by atoms with van der Waals surface area (Å²) in [7, 11) is 3.21. The Balaban J connectivity index is 1.63. The summed E-state index contributed by atoms with van der Waals surface area (Å²) >= 11 is 0. The zero-order valence-electron chi connectivity index (χ0n) is 14.8. The van der Waals surface area contributed by atoms with E-state index in [4.69, 9.17) is 18.6 Å². The summed E-state index contributed by atoms with van der Waals surface area (Å²) in [6, 6.07) is 9.07. The average Bonchev–Trinajstić information content (AvgIpc) is 3.08. The summed E-state index contributed by atoms with van der Waals surface area (Å²) in [6.07, 6.45) is 1.49. The van der Waals surface area contributed by atoms with E-state index in [1.54, 1.807) is 31.3 Å². The van der Waals surface area contributed by atoms with Crippen LogP contribution < -0.4 is 14.2 Å². The first-order chi connectivity index (χ1) is 12.1. The van der Waals surface area contributed by atoms with E-state index in [1.165, 1.54) is 0 Å². The van der Waals surface area contributed by atoms with Gasteiger partial charge in [0.15, 0.2) is 17.3 Å². The molecule has 1 amide bonds. The number of hydrogen-bond acceptors (Lipinski definition) is 5. The van der Waals surface area contributed by atoms with Crippen molar-refractivity contribution in [2.45, 2.75) is 25.9 Å². The summed E-state index contributed by atoms with van der Waals surface area (Å²) in [5.41, 5.74) is 0. The van der Waals surface area contributed by atoms with E-state index in [0.29, 0.717) is 36.1 Å². The predicted molar refractivity (Wildman–Crippen MR) is 92.5 cm³/mol. The minimum Gasteiger partial charge on any atom is -0.493 e. The smallest absolute Gasteiger partial charge is 0.289 e. The van der Waals surface area contributed by atoms with E-state index in [2.05, 4.69) is 0 Å². The van der Waals surface area contributed by atoms with Crippen LogP contribution in [0.2, 0.25) is 0 Å². The molecule has 134 valence electrons. The molecule has 3 rings (SSSR count). The molecule has 0 radical (unpaired) electrons. The molecule has 6 nitrogen and oxygen atoms in total. The highest BCUT2D eigenvalue weighted by molar-refractivity contribution is 5.91. The number of furan rings is 1. The molecule has 1 aliphatic rings. The minimum atomic E-state index is -0.0681. The lowest BCUT2D eigenvalue weighted by Gasteiger charge is -2.32. The molecule has 0 saturated carbocycles. The van der Waals surface area contributed by atoms with Crippen molar-refractivity contribution in [1.29, 1.82) is 0 Å². The lowest BCUT2D eigenvalue weighted by Crippen LogP contribution is -2.41. The van der Waals surface area contributed by atoms with E-state index in [0.717, 1.165) is 18.6 Å². The third kappa shape index (κ3) is 3.73. The first-order valence-corrected chi connectivity index (χ1v) is 8.35. The van der Waals surface area contributed by atoms with Gasteiger partial charge in [-0.05, 0) is 31.2 Å². The van der Waals surface area contributed by atoms with Gasteiger partial charge in [-0.3, -0.25) is 4.79 Å². The number of rotatable bonds is 5. The van der Waals surface area contributed by atoms with Crippen LogP contribution in [-0.2, 0) is 0 Å². The van der Waals surface area contributed by atoms with Gasteiger partial charge in [0.2, 0.25) is 5.75 Å². The topological polar surface area (TPSA) is 61.1 Å². The SMILES string of the molecule is COc1cccc(OC)c1OC1CCN(C(=O)c2ccc(C)o2)CC1. The highest BCUT2D eigenvalue weighted by Crippen LogP contribution is 2.38. The molecule has 1 fully saturated rings. The van der Waals surface area contributed by atoms with Gasteiger partial charge in [0.1, 0.15) is 11.9 Å². The molecule has 0 bridgehead atoms. The van der Waals surface area contributed by atoms with Crippen LogP contribution >= 0.6 is 0 Å². The Labute approximate surface area is 147 Å². The molecule has 1 saturated heterocycles. The van der Waals surface area contributed by atoms with Crippen molar-refractivity contribution in [1.82, 2.24) is 4.90 Å². The number of carbonyl (C=O) groups is 1. The van der Waals surface area contributed by atoms with Crippen molar-refractivity contribution in [2.75, 3.05) is 27.3 Å². The number of nitrogens with zero attached hydrogens (tertiary/aromatic N) is 1. The molecule has 1 aliphatic heterocycles. The number of benzene rings is 1. The van der Waals surface area contributed by atoms with Crippen molar-refractivity contribution >= 4 is 5.91 Å². The highest BCUT2D eigenvalue weighted by atomic mass is 16.5. The summed E-state index contributed by atoms with van der Waals surface area (Å²) in [5.74, 6) is 2.96. The highest BCUT2D eigenvalue weighted by Gasteiger charge is 2.27. The average molecular weight is 345 g/mol. The largest absolute Gasteiger partial charge is 0.493 e. The van der Waals surface area contributed by atoms with Crippen LogP contribution in [0.3, 0.4) is 0 Å². The van der Waals surface area contributed by atoms with Crippen molar-refractivity contribution in [3.8, 4) is 17.2 Å². The Morgan fingerprint density at radius 1 is 1.08 bits per heavy atom. The number of piperidine rings is 1. The van der Waals surface area contributed by atoms with Crippen molar-refractivity contribution in [3.63, 3.8) is 0 Å². The number of carbonyl (C=O) groups excluding carboxylic acids is 1. The summed E-state index contributed by atoms with van der Waals surface area (Å²) in [6.45, 7) is 3.08. The third-order valence-corrected chi connectivity index (χ3v) is 4.35. The second-order valence-electron chi connectivity index (χ2n) is 6.01.